The number of thiol groups is 4. The Kier molecular flexibility index (Phi) is 4.53. The van der Waals surface area contributed by atoms with E-state index in [4.69, 9.17) is 0 Å². The summed E-state index contributed by atoms with van der Waals surface area (Å²) in [6.07, 6.45) is 0. The summed E-state index contributed by atoms with van der Waals surface area (Å²) < 4.78 is 0. The molecule has 0 unspecified atom stereocenters. The lowest BCUT2D eigenvalue weighted by Crippen LogP contribution is -2.02. The van der Waals surface area contributed by atoms with E-state index in [1.165, 1.54) is 24.3 Å². The Morgan fingerprint density at radius 1 is 0.700 bits per heavy atom. The Bertz CT molecular complexity index is 607. The Morgan fingerprint density at radius 3 is 1.20 bits per heavy atom. The van der Waals surface area contributed by atoms with Gasteiger partial charge >= 0.3 is 0 Å². The van der Waals surface area contributed by atoms with Crippen molar-refractivity contribution >= 4 is 56.3 Å². The first-order chi connectivity index (χ1) is 9.31. The summed E-state index contributed by atoms with van der Waals surface area (Å²) in [5, 5.41) is 19.2. The van der Waals surface area contributed by atoms with Gasteiger partial charge in [0.2, 0.25) is 0 Å². The number of carbonyl (C=O) groups is 1. The molecule has 20 heavy (non-hydrogen) atoms. The van der Waals surface area contributed by atoms with Crippen LogP contribution in [-0.2, 0) is 0 Å². The predicted molar refractivity (Wildman–Crippen MR) is 88.7 cm³/mol. The predicted octanol–water partition coefficient (Wildman–Crippen LogP) is 3.48. The van der Waals surface area contributed by atoms with E-state index in [0.717, 1.165) is 0 Å². The highest BCUT2D eigenvalue weighted by molar-refractivity contribution is 7.81. The van der Waals surface area contributed by atoms with Crippen LogP contribution in [0.15, 0.2) is 43.8 Å². The van der Waals surface area contributed by atoms with Crippen molar-refractivity contribution in [3.8, 4) is 11.5 Å². The lowest BCUT2D eigenvalue weighted by molar-refractivity contribution is 0.103. The molecular formula is C13H10O3S4. The largest absolute Gasteiger partial charge is 0.506 e. The third-order valence-electron chi connectivity index (χ3n) is 2.66. The van der Waals surface area contributed by atoms with Crippen LogP contribution in [0.1, 0.15) is 15.9 Å². The second-order valence-electron chi connectivity index (χ2n) is 4.06. The number of rotatable bonds is 2. The van der Waals surface area contributed by atoms with Crippen LogP contribution in [-0.4, -0.2) is 16.0 Å². The highest BCUT2D eigenvalue weighted by atomic mass is 32.1. The number of aromatic hydroxyl groups is 2. The number of ketones is 1. The molecule has 2 aromatic carbocycles. The fraction of sp³-hybridized carbons (Fsp3) is 0. The molecule has 0 radical (unpaired) electrons. The summed E-state index contributed by atoms with van der Waals surface area (Å²) >= 11 is 16.3. The number of carbonyl (C=O) groups excluding carboxylic acids is 1. The van der Waals surface area contributed by atoms with Crippen molar-refractivity contribution < 1.29 is 15.0 Å². The Hall–Kier alpha value is -0.890. The minimum Gasteiger partial charge on any atom is -0.506 e. The van der Waals surface area contributed by atoms with E-state index in [0.29, 0.717) is 11.1 Å². The fourth-order valence-corrected chi connectivity index (χ4v) is 2.85. The average Bonchev–Trinajstić information content (AvgIpc) is 2.40. The van der Waals surface area contributed by atoms with E-state index < -0.39 is 0 Å². The van der Waals surface area contributed by atoms with Crippen molar-refractivity contribution in [2.75, 3.05) is 0 Å². The molecule has 0 spiro atoms. The summed E-state index contributed by atoms with van der Waals surface area (Å²) in [7, 11) is 0. The van der Waals surface area contributed by atoms with Crippen LogP contribution in [0.2, 0.25) is 0 Å². The second kappa shape index (κ2) is 5.85. The normalized spacial score (nSPS) is 10.6. The van der Waals surface area contributed by atoms with Crippen LogP contribution >= 0.6 is 50.5 Å². The van der Waals surface area contributed by atoms with Gasteiger partial charge in [-0.05, 0) is 24.3 Å². The molecule has 7 heteroatoms. The van der Waals surface area contributed by atoms with Crippen LogP contribution in [0.4, 0.5) is 0 Å². The quantitative estimate of drug-likeness (QED) is 0.374. The highest BCUT2D eigenvalue weighted by Gasteiger charge is 2.15. The van der Waals surface area contributed by atoms with Gasteiger partial charge in [-0.2, -0.15) is 0 Å². The number of hydrogen-bond acceptors (Lipinski definition) is 7. The van der Waals surface area contributed by atoms with E-state index in [1.807, 2.05) is 0 Å². The Balaban J connectivity index is 2.52. The summed E-state index contributed by atoms with van der Waals surface area (Å²) in [4.78, 5) is 13.4. The molecule has 0 aromatic heterocycles. The number of phenols is 2. The molecule has 2 aromatic rings. The van der Waals surface area contributed by atoms with E-state index >= 15 is 0 Å². The summed E-state index contributed by atoms with van der Waals surface area (Å²) in [6.45, 7) is 0. The van der Waals surface area contributed by atoms with Crippen LogP contribution in [0.3, 0.4) is 0 Å². The number of benzene rings is 2. The molecule has 0 heterocycles. The van der Waals surface area contributed by atoms with Gasteiger partial charge in [-0.15, -0.1) is 50.5 Å². The first-order valence-corrected chi connectivity index (χ1v) is 7.14. The van der Waals surface area contributed by atoms with E-state index in [1.54, 1.807) is 0 Å². The van der Waals surface area contributed by atoms with Gasteiger partial charge in [0, 0.05) is 30.7 Å². The van der Waals surface area contributed by atoms with Gasteiger partial charge in [0.15, 0.2) is 5.78 Å². The second-order valence-corrected chi connectivity index (χ2v) is 5.98. The molecule has 0 aliphatic heterocycles. The highest BCUT2D eigenvalue weighted by Crippen LogP contribution is 2.33. The lowest BCUT2D eigenvalue weighted by Gasteiger charge is -2.08. The van der Waals surface area contributed by atoms with Crippen molar-refractivity contribution in [2.24, 2.45) is 0 Å². The summed E-state index contributed by atoms with van der Waals surface area (Å²) in [5.74, 6) is -0.464. The molecule has 0 fully saturated rings. The summed E-state index contributed by atoms with van der Waals surface area (Å²) in [5.41, 5.74) is 0.646. The van der Waals surface area contributed by atoms with Gasteiger partial charge in [-0.3, -0.25) is 4.79 Å². The molecule has 0 saturated carbocycles. The maximum absolute atomic E-state index is 12.4. The monoisotopic (exact) mass is 342 g/mol. The zero-order valence-electron chi connectivity index (χ0n) is 9.90. The van der Waals surface area contributed by atoms with Gasteiger partial charge in [0.1, 0.15) is 11.5 Å². The minimum atomic E-state index is -0.304. The SMILES string of the molecule is O=C(c1cc(S)c(O)c(S)c1)c1cc(S)c(O)c(S)c1. The van der Waals surface area contributed by atoms with Crippen molar-refractivity contribution in [3.05, 3.63) is 35.4 Å². The molecule has 0 saturated heterocycles. The summed E-state index contributed by atoms with van der Waals surface area (Å²) in [6, 6.07) is 5.79. The standard InChI is InChI=1S/C13H10O3S4/c14-11(5-1-7(17)12(15)8(18)2-5)6-3-9(19)13(16)10(20)4-6/h1-4,15-20H. The molecule has 0 aliphatic carbocycles. The van der Waals surface area contributed by atoms with E-state index in [-0.39, 0.29) is 36.9 Å². The van der Waals surface area contributed by atoms with Gasteiger partial charge in [-0.25, -0.2) is 0 Å². The van der Waals surface area contributed by atoms with Crippen LogP contribution in [0.25, 0.3) is 0 Å². The molecular weight excluding hydrogens is 332 g/mol. The molecule has 2 N–H and O–H groups in total. The zero-order valence-corrected chi connectivity index (χ0v) is 13.5. The van der Waals surface area contributed by atoms with Crippen molar-refractivity contribution in [1.82, 2.24) is 0 Å². The number of phenolic OH excluding ortho intramolecular Hbond substituents is 2. The first-order valence-electron chi connectivity index (χ1n) is 5.36. The molecule has 3 nitrogen and oxygen atoms in total. The van der Waals surface area contributed by atoms with E-state index in [9.17, 15) is 15.0 Å². The third-order valence-corrected chi connectivity index (χ3v) is 4.03. The maximum atomic E-state index is 12.4. The van der Waals surface area contributed by atoms with Crippen LogP contribution < -0.4 is 0 Å². The van der Waals surface area contributed by atoms with Crippen LogP contribution in [0.5, 0.6) is 11.5 Å². The number of hydrogen-bond donors (Lipinski definition) is 6. The lowest BCUT2D eigenvalue weighted by atomic mass is 10.0. The molecule has 0 bridgehead atoms. The van der Waals surface area contributed by atoms with Crippen molar-refractivity contribution in [1.29, 1.82) is 0 Å². The van der Waals surface area contributed by atoms with Crippen molar-refractivity contribution in [3.63, 3.8) is 0 Å². The van der Waals surface area contributed by atoms with Gasteiger partial charge < -0.3 is 10.2 Å². The fourth-order valence-electron chi connectivity index (χ4n) is 1.64. The van der Waals surface area contributed by atoms with Gasteiger partial charge in [0.05, 0.1) is 0 Å². The molecule has 0 amide bonds. The molecule has 0 atom stereocenters. The van der Waals surface area contributed by atoms with Gasteiger partial charge in [0.25, 0.3) is 0 Å². The average molecular weight is 342 g/mol. The van der Waals surface area contributed by atoms with Crippen molar-refractivity contribution in [2.45, 2.75) is 19.6 Å². The topological polar surface area (TPSA) is 57.5 Å². The maximum Gasteiger partial charge on any atom is 0.193 e. The molecule has 104 valence electrons. The Labute approximate surface area is 137 Å². The van der Waals surface area contributed by atoms with Gasteiger partial charge in [-0.1, -0.05) is 0 Å². The van der Waals surface area contributed by atoms with E-state index in [2.05, 4.69) is 50.5 Å². The smallest absolute Gasteiger partial charge is 0.193 e. The minimum absolute atomic E-state index is 0.0799. The van der Waals surface area contributed by atoms with Crippen LogP contribution in [0, 0.1) is 0 Å². The first kappa shape index (κ1) is 15.5. The third kappa shape index (κ3) is 2.90. The molecule has 0 aliphatic rings. The molecule has 2 rings (SSSR count). The Morgan fingerprint density at radius 2 is 0.950 bits per heavy atom. The zero-order chi connectivity index (χ0) is 15.0.